The van der Waals surface area contributed by atoms with Crippen LogP contribution in [-0.2, 0) is 14.3 Å². The number of H-pyrrole nitrogens is 1. The largest absolute Gasteiger partial charge is 0.507 e. The van der Waals surface area contributed by atoms with E-state index in [0.29, 0.717) is 62.1 Å². The summed E-state index contributed by atoms with van der Waals surface area (Å²) >= 11 is 0. The number of nitrogens with one attached hydrogen (secondary N) is 1. The number of hydrogen-bond acceptors (Lipinski definition) is 7. The lowest BCUT2D eigenvalue weighted by atomic mass is 9.94. The van der Waals surface area contributed by atoms with Crippen molar-refractivity contribution in [1.29, 1.82) is 0 Å². The Morgan fingerprint density at radius 2 is 1.70 bits per heavy atom. The van der Waals surface area contributed by atoms with Crippen LogP contribution in [-0.4, -0.2) is 84.2 Å². The molecule has 3 heterocycles. The number of morpholine rings is 1. The van der Waals surface area contributed by atoms with Gasteiger partial charge in [0.25, 0.3) is 11.7 Å². The lowest BCUT2D eigenvalue weighted by Gasteiger charge is -2.31. The Bertz CT molecular complexity index is 1190. The van der Waals surface area contributed by atoms with Gasteiger partial charge in [-0.2, -0.15) is 0 Å². The molecule has 2 saturated heterocycles. The highest BCUT2D eigenvalue weighted by molar-refractivity contribution is 6.46. The number of amides is 1. The van der Waals surface area contributed by atoms with Gasteiger partial charge in [0.15, 0.2) is 11.5 Å². The normalized spacial score (nSPS) is 20.0. The number of Topliss-reactive ketones (excluding diaryl/α,β-unsaturated/α-hetero) is 1. The van der Waals surface area contributed by atoms with Gasteiger partial charge in [-0.25, -0.2) is 0 Å². The Morgan fingerprint density at radius 3 is 2.32 bits per heavy atom. The Labute approximate surface area is 218 Å². The molecule has 9 heteroatoms. The molecule has 0 spiro atoms. The quantitative estimate of drug-likeness (QED) is 0.302. The fourth-order valence-corrected chi connectivity index (χ4v) is 5.17. The molecule has 37 heavy (non-hydrogen) atoms. The van der Waals surface area contributed by atoms with E-state index in [4.69, 9.17) is 14.2 Å². The molecule has 1 amide bonds. The number of carbonyl (C=O) groups excluding carboxylic acids is 2. The summed E-state index contributed by atoms with van der Waals surface area (Å²) in [5.41, 5.74) is 3.81. The third-order valence-corrected chi connectivity index (χ3v) is 7.11. The number of benzene rings is 1. The number of rotatable bonds is 9. The number of hydrogen-bond donors (Lipinski definition) is 2. The minimum atomic E-state index is -0.759. The minimum Gasteiger partial charge on any atom is -0.507 e. The van der Waals surface area contributed by atoms with Crippen LogP contribution in [0.3, 0.4) is 0 Å². The molecule has 1 unspecified atom stereocenters. The first-order valence-corrected chi connectivity index (χ1v) is 12.9. The number of ketones is 1. The number of nitrogens with zero attached hydrogens (tertiary/aromatic N) is 2. The van der Waals surface area contributed by atoms with Gasteiger partial charge in [-0.1, -0.05) is 6.07 Å². The first-order valence-electron chi connectivity index (χ1n) is 12.9. The first-order chi connectivity index (χ1) is 17.8. The molecule has 1 atom stereocenters. The summed E-state index contributed by atoms with van der Waals surface area (Å²) in [6, 6.07) is 4.68. The third kappa shape index (κ3) is 5.24. The molecule has 0 radical (unpaired) electrons. The van der Waals surface area contributed by atoms with Gasteiger partial charge >= 0.3 is 0 Å². The van der Waals surface area contributed by atoms with Gasteiger partial charge in [-0.15, -0.1) is 0 Å². The number of aromatic nitrogens is 1. The zero-order chi connectivity index (χ0) is 26.7. The van der Waals surface area contributed by atoms with E-state index in [1.807, 2.05) is 46.8 Å². The highest BCUT2D eigenvalue weighted by Gasteiger charge is 2.46. The fraction of sp³-hybridized carbons (Fsp3) is 0.500. The number of aryl methyl sites for hydroxylation is 2. The van der Waals surface area contributed by atoms with Crippen LogP contribution in [0.1, 0.15) is 48.0 Å². The number of likely N-dealkylation sites (tertiary alicyclic amines) is 1. The van der Waals surface area contributed by atoms with Crippen molar-refractivity contribution >= 4 is 17.4 Å². The zero-order valence-corrected chi connectivity index (χ0v) is 22.3. The molecular weight excluding hydrogens is 474 g/mol. The zero-order valence-electron chi connectivity index (χ0n) is 22.3. The van der Waals surface area contributed by atoms with Gasteiger partial charge in [0.2, 0.25) is 0 Å². The molecule has 2 fully saturated rings. The molecule has 1 aromatic carbocycles. The first kappa shape index (κ1) is 26.8. The maximum atomic E-state index is 13.5. The number of aliphatic hydroxyl groups excluding tert-OH is 1. The molecule has 2 aliphatic heterocycles. The van der Waals surface area contributed by atoms with Crippen LogP contribution in [0.4, 0.5) is 0 Å². The van der Waals surface area contributed by atoms with Crippen molar-refractivity contribution in [3.8, 4) is 11.5 Å². The van der Waals surface area contributed by atoms with Gasteiger partial charge in [-0.3, -0.25) is 14.5 Å². The molecule has 1 aromatic heterocycles. The highest BCUT2D eigenvalue weighted by atomic mass is 16.5. The molecule has 9 nitrogen and oxygen atoms in total. The molecule has 2 aromatic rings. The van der Waals surface area contributed by atoms with Gasteiger partial charge < -0.3 is 29.2 Å². The van der Waals surface area contributed by atoms with Crippen LogP contribution in [0.2, 0.25) is 0 Å². The van der Waals surface area contributed by atoms with E-state index in [-0.39, 0.29) is 11.3 Å². The highest BCUT2D eigenvalue weighted by Crippen LogP contribution is 2.43. The van der Waals surface area contributed by atoms with E-state index in [1.165, 1.54) is 0 Å². The molecule has 0 saturated carbocycles. The average Bonchev–Trinajstić information content (AvgIpc) is 3.29. The number of carbonyl (C=O) groups is 2. The number of aromatic amines is 1. The molecule has 4 rings (SSSR count). The number of ether oxygens (including phenoxy) is 3. The van der Waals surface area contributed by atoms with Crippen molar-refractivity contribution < 1.29 is 28.9 Å². The summed E-state index contributed by atoms with van der Waals surface area (Å²) < 4.78 is 17.0. The minimum absolute atomic E-state index is 0.0868. The topological polar surface area (TPSA) is 104 Å². The molecular formula is C28H37N3O6. The van der Waals surface area contributed by atoms with E-state index < -0.39 is 17.7 Å². The molecule has 2 aliphatic rings. The van der Waals surface area contributed by atoms with E-state index in [2.05, 4.69) is 9.88 Å². The van der Waals surface area contributed by atoms with E-state index >= 15 is 0 Å². The Balaban J connectivity index is 1.82. The molecule has 2 N–H and O–H groups in total. The van der Waals surface area contributed by atoms with Crippen molar-refractivity contribution in [3.63, 3.8) is 0 Å². The van der Waals surface area contributed by atoms with Crippen molar-refractivity contribution in [3.05, 3.63) is 51.9 Å². The van der Waals surface area contributed by atoms with Crippen molar-refractivity contribution in [1.82, 2.24) is 14.8 Å². The molecule has 0 aliphatic carbocycles. The van der Waals surface area contributed by atoms with Crippen LogP contribution < -0.4 is 9.47 Å². The van der Waals surface area contributed by atoms with Crippen molar-refractivity contribution in [2.75, 3.05) is 52.6 Å². The third-order valence-electron chi connectivity index (χ3n) is 7.11. The summed E-state index contributed by atoms with van der Waals surface area (Å²) in [4.78, 5) is 33.9. The van der Waals surface area contributed by atoms with E-state index in [1.54, 1.807) is 11.0 Å². The summed E-state index contributed by atoms with van der Waals surface area (Å²) in [5.74, 6) is -0.344. The van der Waals surface area contributed by atoms with Gasteiger partial charge in [0, 0.05) is 43.1 Å². The Morgan fingerprint density at radius 1 is 1.03 bits per heavy atom. The van der Waals surface area contributed by atoms with Crippen molar-refractivity contribution in [2.24, 2.45) is 0 Å². The van der Waals surface area contributed by atoms with E-state index in [0.717, 1.165) is 30.0 Å². The smallest absolute Gasteiger partial charge is 0.295 e. The second-order valence-electron chi connectivity index (χ2n) is 9.39. The van der Waals surface area contributed by atoms with Gasteiger partial charge in [0.1, 0.15) is 5.76 Å². The fourth-order valence-electron chi connectivity index (χ4n) is 5.17. The van der Waals surface area contributed by atoms with Crippen LogP contribution in [0.15, 0.2) is 23.8 Å². The summed E-state index contributed by atoms with van der Waals surface area (Å²) in [6.07, 6.45) is 0. The maximum absolute atomic E-state index is 13.5. The summed E-state index contributed by atoms with van der Waals surface area (Å²) in [6.45, 7) is 14.1. The Hall–Kier alpha value is -3.30. The van der Waals surface area contributed by atoms with Crippen molar-refractivity contribution in [2.45, 2.75) is 40.7 Å². The monoisotopic (exact) mass is 511 g/mol. The second kappa shape index (κ2) is 11.4. The van der Waals surface area contributed by atoms with Crippen LogP contribution in [0.5, 0.6) is 11.5 Å². The predicted octanol–water partition coefficient (Wildman–Crippen LogP) is 3.49. The Kier molecular flexibility index (Phi) is 8.24. The van der Waals surface area contributed by atoms with E-state index in [9.17, 15) is 14.7 Å². The van der Waals surface area contributed by atoms with Gasteiger partial charge in [0.05, 0.1) is 38.0 Å². The molecule has 200 valence electrons. The standard InChI is InChI=1S/C28H37N3O6/c1-6-36-21-9-8-20(16-22(21)37-7-2)25-24(26(32)23-17(3)18(4)29-19(23)5)27(33)28(34)31(25)11-10-30-12-14-35-15-13-30/h8-9,16,25,29,32H,6-7,10-15H2,1-5H3/b26-24+. The van der Waals surface area contributed by atoms with Crippen LogP contribution >= 0.6 is 0 Å². The predicted molar refractivity (Wildman–Crippen MR) is 140 cm³/mol. The average molecular weight is 512 g/mol. The van der Waals surface area contributed by atoms with Gasteiger partial charge in [-0.05, 0) is 57.9 Å². The van der Waals surface area contributed by atoms with Crippen LogP contribution in [0, 0.1) is 20.8 Å². The maximum Gasteiger partial charge on any atom is 0.295 e. The SMILES string of the molecule is CCOc1ccc(C2/C(=C(\O)c3c(C)[nH]c(C)c3C)C(=O)C(=O)N2CCN2CCOCC2)cc1OCC. The summed E-state index contributed by atoms with van der Waals surface area (Å²) in [5, 5.41) is 11.5. The van der Waals surface area contributed by atoms with Crippen LogP contribution in [0.25, 0.3) is 5.76 Å². The lowest BCUT2D eigenvalue weighted by molar-refractivity contribution is -0.140. The second-order valence-corrected chi connectivity index (χ2v) is 9.39. The molecule has 0 bridgehead atoms. The lowest BCUT2D eigenvalue weighted by Crippen LogP contribution is -2.42. The summed E-state index contributed by atoms with van der Waals surface area (Å²) in [7, 11) is 0. The number of aliphatic hydroxyl groups is 1.